The number of hydrogen-bond acceptors (Lipinski definition) is 3. The number of aromatic nitrogens is 1. The second-order valence-corrected chi connectivity index (χ2v) is 33.3. The van der Waals surface area contributed by atoms with Crippen LogP contribution < -0.4 is 47.3 Å². The molecule has 0 fully saturated rings. The standard InChI is InChI=1S/C100H85B2N3O/c1-97(2,3)70-48-50-89-81(58-70)102-82-53-69(63-35-21-14-22-36-63)52-79-78-51-68(62-33-19-13-20-34-62)47-49-84(78)103(94(79)82)88-61-83-95(96(106-89)91(88)102)105(93-76(66-41-27-17-28-42-66)56-72(99(7,8)9)57-77(93)67-43-29-18-30-44-67)87-60-73(100(10,11)12)59-86-90(87)101(83)80-45-31-32-46-85(80)104(86)92-74(64-37-23-15-24-38-64)54-71(98(4,5)6)55-75(92)65-39-25-16-26-40-65/h13-61H,1-12H3/i31D,32D,45D,46D,47D,49D,51D,52D,53D. The van der Waals surface area contributed by atoms with E-state index in [0.717, 1.165) is 94.7 Å². The lowest BCUT2D eigenvalue weighted by Gasteiger charge is -2.48. The Hall–Kier alpha value is -11.6. The Morgan fingerprint density at radius 2 is 0.745 bits per heavy atom. The van der Waals surface area contributed by atoms with E-state index in [-0.39, 0.29) is 75.3 Å². The van der Waals surface area contributed by atoms with Crippen LogP contribution in [-0.2, 0) is 21.7 Å². The first-order chi connectivity index (χ1) is 54.9. The molecule has 0 spiro atoms. The van der Waals surface area contributed by atoms with Gasteiger partial charge in [-0.3, -0.25) is 0 Å². The van der Waals surface area contributed by atoms with Crippen molar-refractivity contribution < 1.29 is 17.1 Å². The zero-order chi connectivity index (χ0) is 80.3. The van der Waals surface area contributed by atoms with Gasteiger partial charge in [-0.25, -0.2) is 0 Å². The molecular formula is C100H85B2N3O. The predicted octanol–water partition coefficient (Wildman–Crippen LogP) is 23.0. The van der Waals surface area contributed by atoms with E-state index < -0.39 is 30.9 Å². The monoisotopic (exact) mass is 1370 g/mol. The van der Waals surface area contributed by atoms with Gasteiger partial charge in [-0.1, -0.05) is 307 Å². The average Bonchev–Trinajstić information content (AvgIpc) is 1.60. The average molecular weight is 1380 g/mol. The van der Waals surface area contributed by atoms with E-state index in [1.807, 2.05) is 89.5 Å². The zero-order valence-corrected chi connectivity index (χ0v) is 62.0. The van der Waals surface area contributed by atoms with Gasteiger partial charge in [-0.15, -0.1) is 0 Å². The van der Waals surface area contributed by atoms with Gasteiger partial charge < -0.3 is 19.1 Å². The number of para-hydroxylation sites is 1. The van der Waals surface area contributed by atoms with Gasteiger partial charge in [0.05, 0.1) is 34.9 Å². The Morgan fingerprint density at radius 3 is 1.25 bits per heavy atom. The van der Waals surface area contributed by atoms with E-state index in [9.17, 15) is 12.3 Å². The highest BCUT2D eigenvalue weighted by molar-refractivity contribution is 7.02. The maximum Gasteiger partial charge on any atom is 0.256 e. The van der Waals surface area contributed by atoms with E-state index in [4.69, 9.17) is 4.74 Å². The lowest BCUT2D eigenvalue weighted by Crippen LogP contribution is -2.64. The number of hydrogen-bond donors (Lipinski definition) is 0. The van der Waals surface area contributed by atoms with Gasteiger partial charge in [0.2, 0.25) is 0 Å². The summed E-state index contributed by atoms with van der Waals surface area (Å²) in [6, 6.07) is 81.8. The van der Waals surface area contributed by atoms with Crippen molar-refractivity contribution in [2.45, 2.75) is 105 Å². The molecule has 0 saturated carbocycles. The van der Waals surface area contributed by atoms with Crippen molar-refractivity contribution in [1.82, 2.24) is 4.57 Å². The third-order valence-corrected chi connectivity index (χ3v) is 22.4. The number of ether oxygens (including phenoxy) is 1. The fraction of sp³-hybridized carbons (Fsp3) is 0.160. The molecule has 0 aliphatic carbocycles. The van der Waals surface area contributed by atoms with E-state index in [1.54, 1.807) is 0 Å². The number of fused-ring (bicyclic) bond motifs is 12. The van der Waals surface area contributed by atoms with Crippen LogP contribution in [0.5, 0.6) is 11.5 Å². The molecule has 0 saturated heterocycles. The first kappa shape index (κ1) is 55.9. The molecule has 1 aromatic heterocycles. The van der Waals surface area contributed by atoms with Crippen molar-refractivity contribution >= 4 is 102 Å². The highest BCUT2D eigenvalue weighted by atomic mass is 16.5. The summed E-state index contributed by atoms with van der Waals surface area (Å²) in [5, 5.41) is 0.668. The molecule has 0 radical (unpaired) electrons. The Bertz CT molecular complexity index is 6520. The Morgan fingerprint density at radius 1 is 0.311 bits per heavy atom. The van der Waals surface area contributed by atoms with Crippen molar-refractivity contribution in [3.8, 4) is 83.9 Å². The summed E-state index contributed by atoms with van der Waals surface area (Å²) in [6.07, 6.45) is 0. The molecule has 0 atom stereocenters. The normalized spacial score (nSPS) is 14.7. The summed E-state index contributed by atoms with van der Waals surface area (Å²) in [4.78, 5) is 4.62. The minimum Gasteiger partial charge on any atom is -0.456 e. The largest absolute Gasteiger partial charge is 0.456 e. The number of nitrogens with zero attached hydrogens (tertiary/aromatic N) is 3. The van der Waals surface area contributed by atoms with Crippen LogP contribution in [0.1, 0.15) is 118 Å². The third kappa shape index (κ3) is 10.3. The second-order valence-electron chi connectivity index (χ2n) is 33.3. The maximum atomic E-state index is 11.2. The molecule has 4 aliphatic rings. The molecular weight excluding hydrogens is 1280 g/mol. The highest BCUT2D eigenvalue weighted by Crippen LogP contribution is 2.57. The number of benzene rings is 14. The van der Waals surface area contributed by atoms with Crippen molar-refractivity contribution in [2.75, 3.05) is 9.80 Å². The van der Waals surface area contributed by atoms with Gasteiger partial charge in [0.15, 0.2) is 0 Å². The van der Waals surface area contributed by atoms with Gasteiger partial charge >= 0.3 is 0 Å². The lowest BCUT2D eigenvalue weighted by atomic mass is 9.31. The Balaban J connectivity index is 1.08. The molecule has 19 rings (SSSR count). The van der Waals surface area contributed by atoms with Crippen molar-refractivity contribution in [3.63, 3.8) is 0 Å². The van der Waals surface area contributed by atoms with Crippen LogP contribution in [0.3, 0.4) is 0 Å². The van der Waals surface area contributed by atoms with E-state index >= 15 is 0 Å². The molecule has 4 nitrogen and oxygen atoms in total. The maximum absolute atomic E-state index is 11.2. The summed E-state index contributed by atoms with van der Waals surface area (Å²) in [5.41, 5.74) is 20.2. The molecule has 0 amide bonds. The zero-order valence-electron chi connectivity index (χ0n) is 71.0. The van der Waals surface area contributed by atoms with Gasteiger partial charge in [-0.05, 0) is 194 Å². The van der Waals surface area contributed by atoms with Crippen LogP contribution in [0.15, 0.2) is 297 Å². The van der Waals surface area contributed by atoms with Gasteiger partial charge in [0.1, 0.15) is 11.5 Å². The first-order valence-electron chi connectivity index (χ1n) is 41.6. The Labute approximate surface area is 638 Å². The molecule has 106 heavy (non-hydrogen) atoms. The topological polar surface area (TPSA) is 20.6 Å². The fourth-order valence-corrected chi connectivity index (χ4v) is 16.9. The Kier molecular flexibility index (Phi) is 12.6. The third-order valence-electron chi connectivity index (χ3n) is 22.4. The van der Waals surface area contributed by atoms with Crippen LogP contribution in [0.4, 0.5) is 34.1 Å². The molecule has 5 heterocycles. The molecule has 512 valence electrons. The van der Waals surface area contributed by atoms with Gasteiger partial charge in [-0.2, -0.15) is 0 Å². The summed E-state index contributed by atoms with van der Waals surface area (Å²) in [6.45, 7) is 24.8. The quantitative estimate of drug-likeness (QED) is 0.141. The summed E-state index contributed by atoms with van der Waals surface area (Å²) < 4.78 is 106. The SMILES string of the molecule is [2H]c1c([2H])c([2H])c2c(c1[2H])B1c3cc4c5c(c3N(c3c(-c6ccccc6)cc(C(C)(C)C)cc3-c3ccccc3)c3cc(C(C)(C)C)cc(c31)N2c1c(-c2ccccc2)cc(C(C)(C)C)cc1-c1ccccc1)Oc1ccc(C(C)(C)C)cc1B5c1c([2H])c(-c2ccccc2)c([2H])c2c3c([2H])c(-c5ccccc5)c([2H])c([2H])c3n-4c12. The van der Waals surface area contributed by atoms with Crippen LogP contribution >= 0.6 is 0 Å². The van der Waals surface area contributed by atoms with E-state index in [2.05, 4.69) is 251 Å². The summed E-state index contributed by atoms with van der Waals surface area (Å²) in [5.74, 6) is 0.948. The van der Waals surface area contributed by atoms with Crippen LogP contribution in [0.25, 0.3) is 94.3 Å². The molecule has 0 N–H and O–H groups in total. The second kappa shape index (κ2) is 24.0. The van der Waals surface area contributed by atoms with Gasteiger partial charge in [0.25, 0.3) is 13.4 Å². The minimum atomic E-state index is -1.05. The lowest BCUT2D eigenvalue weighted by molar-refractivity contribution is 0.487. The van der Waals surface area contributed by atoms with E-state index in [1.165, 1.54) is 0 Å². The molecule has 0 unspecified atom stereocenters. The fourth-order valence-electron chi connectivity index (χ4n) is 16.9. The minimum absolute atomic E-state index is 0.0123. The van der Waals surface area contributed by atoms with E-state index in [0.29, 0.717) is 83.4 Å². The molecule has 14 aromatic carbocycles. The number of rotatable bonds is 8. The molecule has 0 bridgehead atoms. The molecule has 15 aromatic rings. The first-order valence-corrected chi connectivity index (χ1v) is 37.1. The predicted molar refractivity (Wildman–Crippen MR) is 453 cm³/mol. The summed E-state index contributed by atoms with van der Waals surface area (Å²) in [7, 11) is 0. The van der Waals surface area contributed by atoms with Crippen molar-refractivity contribution in [3.05, 3.63) is 319 Å². The van der Waals surface area contributed by atoms with Crippen LogP contribution in [-0.4, -0.2) is 18.0 Å². The van der Waals surface area contributed by atoms with Crippen molar-refractivity contribution in [2.24, 2.45) is 0 Å². The van der Waals surface area contributed by atoms with Crippen LogP contribution in [0, 0.1) is 0 Å². The molecule has 4 aliphatic heterocycles. The molecule has 6 heteroatoms. The van der Waals surface area contributed by atoms with Gasteiger partial charge in [0, 0.05) is 61.3 Å². The highest BCUT2D eigenvalue weighted by Gasteiger charge is 2.51. The van der Waals surface area contributed by atoms with Crippen molar-refractivity contribution in [1.29, 1.82) is 0 Å². The summed E-state index contributed by atoms with van der Waals surface area (Å²) >= 11 is 0. The van der Waals surface area contributed by atoms with Crippen LogP contribution in [0.2, 0.25) is 0 Å². The smallest absolute Gasteiger partial charge is 0.256 e. The number of anilines is 6.